The number of benzene rings is 1. The van der Waals surface area contributed by atoms with E-state index in [2.05, 4.69) is 0 Å². The molecule has 12 heteroatoms. The minimum Gasteiger partial charge on any atom is -0.496 e. The molecular formula is C15H17NO11. The van der Waals surface area contributed by atoms with Crippen LogP contribution in [0.4, 0.5) is 0 Å². The summed E-state index contributed by atoms with van der Waals surface area (Å²) in [5.41, 5.74) is -0.389. The summed E-state index contributed by atoms with van der Waals surface area (Å²) < 4.78 is 15.1. The second-order valence-electron chi connectivity index (χ2n) is 5.19. The average Bonchev–Trinajstić information content (AvgIpc) is 2.58. The fourth-order valence-electron chi connectivity index (χ4n) is 2.66. The molecular weight excluding hydrogens is 370 g/mol. The molecule has 0 saturated heterocycles. The van der Waals surface area contributed by atoms with Crippen molar-refractivity contribution in [2.45, 2.75) is 12.0 Å². The first-order chi connectivity index (χ1) is 12.6. The number of rotatable bonds is 10. The first-order valence-corrected chi connectivity index (χ1v) is 7.22. The number of nitrogens with zero attached hydrogens (tertiary/aromatic N) is 1. The van der Waals surface area contributed by atoms with Crippen LogP contribution in [-0.4, -0.2) is 65.5 Å². The van der Waals surface area contributed by atoms with Gasteiger partial charge in [-0.15, -0.1) is 0 Å². The van der Waals surface area contributed by atoms with Crippen molar-refractivity contribution in [2.24, 2.45) is 5.92 Å². The Bertz CT molecular complexity index is 675. The topological polar surface area (TPSA) is 183 Å². The van der Waals surface area contributed by atoms with Crippen LogP contribution in [0.25, 0.3) is 0 Å². The number of ether oxygens (including phenoxy) is 3. The molecule has 27 heavy (non-hydrogen) atoms. The van der Waals surface area contributed by atoms with Crippen molar-refractivity contribution in [2.75, 3.05) is 21.3 Å². The van der Waals surface area contributed by atoms with Crippen LogP contribution in [0.2, 0.25) is 0 Å². The van der Waals surface area contributed by atoms with E-state index in [4.69, 9.17) is 14.2 Å². The van der Waals surface area contributed by atoms with E-state index in [0.717, 1.165) is 14.2 Å². The van der Waals surface area contributed by atoms with E-state index >= 15 is 0 Å². The molecule has 2 unspecified atom stereocenters. The third kappa shape index (κ3) is 4.34. The quantitative estimate of drug-likeness (QED) is 0.285. The Hall–Kier alpha value is -3.57. The number of carboxylic acids is 3. The summed E-state index contributed by atoms with van der Waals surface area (Å²) in [7, 11) is 3.56. The molecule has 0 aliphatic rings. The number of nitro groups is 1. The van der Waals surface area contributed by atoms with Crippen LogP contribution in [-0.2, 0) is 14.4 Å². The summed E-state index contributed by atoms with van der Waals surface area (Å²) in [6.45, 7) is 0. The Balaban J connectivity index is 3.94. The molecule has 0 saturated carbocycles. The molecule has 3 N–H and O–H groups in total. The van der Waals surface area contributed by atoms with E-state index in [9.17, 15) is 39.8 Å². The SMILES string of the molecule is COc1cc(OC)c(C(C(C(=O)O)C(=O)O)C(C(=O)O)[N+](=O)[O-])c(OC)c1. The third-order valence-corrected chi connectivity index (χ3v) is 3.80. The smallest absolute Gasteiger partial charge is 0.379 e. The van der Waals surface area contributed by atoms with E-state index < -0.39 is 40.7 Å². The van der Waals surface area contributed by atoms with Gasteiger partial charge in [-0.2, -0.15) is 0 Å². The molecule has 0 fully saturated rings. The predicted octanol–water partition coefficient (Wildman–Crippen LogP) is 0.311. The Morgan fingerprint density at radius 3 is 1.63 bits per heavy atom. The Morgan fingerprint density at radius 2 is 1.37 bits per heavy atom. The van der Waals surface area contributed by atoms with Gasteiger partial charge >= 0.3 is 23.9 Å². The van der Waals surface area contributed by atoms with Crippen LogP contribution < -0.4 is 14.2 Å². The molecule has 0 heterocycles. The fourth-order valence-corrected chi connectivity index (χ4v) is 2.66. The monoisotopic (exact) mass is 387 g/mol. The maximum atomic E-state index is 11.5. The highest BCUT2D eigenvalue weighted by Crippen LogP contribution is 2.44. The van der Waals surface area contributed by atoms with Crippen molar-refractivity contribution in [3.8, 4) is 17.2 Å². The maximum Gasteiger partial charge on any atom is 0.379 e. The second kappa shape index (κ2) is 8.69. The molecule has 0 radical (unpaired) electrons. The van der Waals surface area contributed by atoms with Crippen LogP contribution in [0, 0.1) is 16.0 Å². The summed E-state index contributed by atoms with van der Waals surface area (Å²) in [6, 6.07) is -0.201. The molecule has 0 spiro atoms. The summed E-state index contributed by atoms with van der Waals surface area (Å²) in [5, 5.41) is 39.3. The summed E-state index contributed by atoms with van der Waals surface area (Å²) in [4.78, 5) is 44.6. The van der Waals surface area contributed by atoms with Gasteiger partial charge in [-0.25, -0.2) is 4.79 Å². The number of hydrogen-bond donors (Lipinski definition) is 3. The first-order valence-electron chi connectivity index (χ1n) is 7.22. The van der Waals surface area contributed by atoms with Gasteiger partial charge in [-0.1, -0.05) is 0 Å². The lowest BCUT2D eigenvalue weighted by Gasteiger charge is -2.26. The van der Waals surface area contributed by atoms with Crippen molar-refractivity contribution in [1.29, 1.82) is 0 Å². The van der Waals surface area contributed by atoms with Gasteiger partial charge in [0.15, 0.2) is 5.92 Å². The largest absolute Gasteiger partial charge is 0.496 e. The van der Waals surface area contributed by atoms with Crippen molar-refractivity contribution in [3.05, 3.63) is 27.8 Å². The number of hydrogen-bond acceptors (Lipinski definition) is 8. The lowest BCUT2D eigenvalue weighted by atomic mass is 9.79. The fraction of sp³-hybridized carbons (Fsp3) is 0.400. The van der Waals surface area contributed by atoms with Gasteiger partial charge < -0.3 is 29.5 Å². The highest BCUT2D eigenvalue weighted by atomic mass is 16.6. The molecule has 148 valence electrons. The molecule has 1 aromatic rings. The maximum absolute atomic E-state index is 11.5. The van der Waals surface area contributed by atoms with Crippen LogP contribution in [0.15, 0.2) is 12.1 Å². The zero-order valence-electron chi connectivity index (χ0n) is 14.4. The minimum absolute atomic E-state index is 0.154. The molecule has 0 bridgehead atoms. The Kier molecular flexibility index (Phi) is 6.91. The van der Waals surface area contributed by atoms with Gasteiger partial charge in [0, 0.05) is 22.6 Å². The number of methoxy groups -OCH3 is 3. The van der Waals surface area contributed by atoms with Gasteiger partial charge in [-0.05, 0) is 0 Å². The highest BCUT2D eigenvalue weighted by molar-refractivity contribution is 5.95. The summed E-state index contributed by atoms with van der Waals surface area (Å²) in [6.07, 6.45) is 0. The lowest BCUT2D eigenvalue weighted by Crippen LogP contribution is -2.44. The Morgan fingerprint density at radius 1 is 0.926 bits per heavy atom. The molecule has 0 aromatic heterocycles. The third-order valence-electron chi connectivity index (χ3n) is 3.80. The highest BCUT2D eigenvalue weighted by Gasteiger charge is 2.52. The van der Waals surface area contributed by atoms with Gasteiger partial charge in [0.05, 0.1) is 27.2 Å². The summed E-state index contributed by atoms with van der Waals surface area (Å²) in [5.74, 6) is -10.8. The first kappa shape index (κ1) is 21.5. The van der Waals surface area contributed by atoms with E-state index in [1.165, 1.54) is 19.2 Å². The van der Waals surface area contributed by atoms with E-state index in [-0.39, 0.29) is 22.8 Å². The number of aliphatic carboxylic acids is 3. The van der Waals surface area contributed by atoms with Crippen LogP contribution in [0.3, 0.4) is 0 Å². The van der Waals surface area contributed by atoms with Crippen LogP contribution in [0.5, 0.6) is 17.2 Å². The molecule has 0 aliphatic heterocycles. The molecule has 2 atom stereocenters. The van der Waals surface area contributed by atoms with Gasteiger partial charge in [0.2, 0.25) is 0 Å². The average molecular weight is 387 g/mol. The zero-order valence-corrected chi connectivity index (χ0v) is 14.4. The van der Waals surface area contributed by atoms with Gasteiger partial charge in [0.25, 0.3) is 0 Å². The molecule has 12 nitrogen and oxygen atoms in total. The normalized spacial score (nSPS) is 12.7. The van der Waals surface area contributed by atoms with Gasteiger partial charge in [-0.3, -0.25) is 19.7 Å². The molecule has 0 amide bonds. The van der Waals surface area contributed by atoms with Crippen molar-refractivity contribution in [3.63, 3.8) is 0 Å². The van der Waals surface area contributed by atoms with Crippen molar-refractivity contribution < 1.29 is 48.8 Å². The molecule has 1 aromatic carbocycles. The van der Waals surface area contributed by atoms with E-state index in [1.807, 2.05) is 0 Å². The number of carbonyl (C=O) groups is 3. The minimum atomic E-state index is -2.60. The molecule has 0 aliphatic carbocycles. The summed E-state index contributed by atoms with van der Waals surface area (Å²) >= 11 is 0. The Labute approximate surface area is 152 Å². The second-order valence-corrected chi connectivity index (χ2v) is 5.19. The molecule has 1 rings (SSSR count). The standard InChI is InChI=1S/C15H17NO11/c1-25-6-4-7(26-2)9(8(5-6)27-3)10(11(13(17)18)14(19)20)12(15(21)22)16(23)24/h4-5,10-12H,1-3H3,(H,17,18)(H,19,20)(H,21,22). The van der Waals surface area contributed by atoms with Crippen LogP contribution in [0.1, 0.15) is 11.5 Å². The van der Waals surface area contributed by atoms with Crippen molar-refractivity contribution in [1.82, 2.24) is 0 Å². The van der Waals surface area contributed by atoms with Gasteiger partial charge in [0.1, 0.15) is 17.2 Å². The van der Waals surface area contributed by atoms with E-state index in [0.29, 0.717) is 0 Å². The van der Waals surface area contributed by atoms with E-state index in [1.54, 1.807) is 0 Å². The number of carboxylic acid groups (broad SMARTS) is 3. The zero-order chi connectivity index (χ0) is 20.9. The van der Waals surface area contributed by atoms with Crippen molar-refractivity contribution >= 4 is 17.9 Å². The lowest BCUT2D eigenvalue weighted by molar-refractivity contribution is -0.515. The predicted molar refractivity (Wildman–Crippen MR) is 86.0 cm³/mol. The van der Waals surface area contributed by atoms with Crippen LogP contribution >= 0.6 is 0 Å².